The molecule has 0 aromatic carbocycles. The van der Waals surface area contributed by atoms with E-state index in [1.165, 1.54) is 12.3 Å². The molecule has 0 amide bonds. The van der Waals surface area contributed by atoms with Crippen LogP contribution in [-0.2, 0) is 23.7 Å². The lowest BCUT2D eigenvalue weighted by Gasteiger charge is -2.25. The number of hydrogen-bond acceptors (Lipinski definition) is 6. The minimum Gasteiger partial charge on any atom is -0.377 e. The molecule has 0 rings (SSSR count). The molecule has 6 nitrogen and oxygen atoms in total. The van der Waals surface area contributed by atoms with Crippen LogP contribution in [0.3, 0.4) is 0 Å². The van der Waals surface area contributed by atoms with E-state index in [1.54, 1.807) is 0 Å². The Bertz CT molecular complexity index is 413. The van der Waals surface area contributed by atoms with Crippen LogP contribution in [0.4, 0.5) is 0 Å². The summed E-state index contributed by atoms with van der Waals surface area (Å²) in [4.78, 5) is 2.59. The van der Waals surface area contributed by atoms with Crippen LogP contribution in [0.15, 0.2) is 0 Å². The summed E-state index contributed by atoms with van der Waals surface area (Å²) in [6.45, 7) is 24.9. The van der Waals surface area contributed by atoms with Crippen molar-refractivity contribution in [3.63, 3.8) is 0 Å². The highest BCUT2D eigenvalue weighted by atomic mass is 31.1. The van der Waals surface area contributed by atoms with E-state index in [9.17, 15) is 0 Å². The molecular formula is C27H59NO5P2. The van der Waals surface area contributed by atoms with Crippen molar-refractivity contribution in [3.05, 3.63) is 0 Å². The molecule has 8 heteroatoms. The van der Waals surface area contributed by atoms with E-state index in [0.717, 1.165) is 68.6 Å². The first-order valence-corrected chi connectivity index (χ1v) is 16.7. The summed E-state index contributed by atoms with van der Waals surface area (Å²) in [7, 11) is 1.87. The highest BCUT2D eigenvalue weighted by Crippen LogP contribution is 2.19. The van der Waals surface area contributed by atoms with E-state index in [1.807, 2.05) is 0 Å². The fraction of sp³-hybridized carbons (Fsp3) is 1.00. The van der Waals surface area contributed by atoms with Crippen molar-refractivity contribution < 1.29 is 23.7 Å². The van der Waals surface area contributed by atoms with E-state index in [0.29, 0.717) is 6.10 Å². The van der Waals surface area contributed by atoms with Gasteiger partial charge in [0.1, 0.15) is 0 Å². The second-order valence-electron chi connectivity index (χ2n) is 10.4. The van der Waals surface area contributed by atoms with Gasteiger partial charge in [0.15, 0.2) is 12.6 Å². The number of rotatable bonds is 24. The Morgan fingerprint density at radius 1 is 0.486 bits per heavy atom. The van der Waals surface area contributed by atoms with Gasteiger partial charge >= 0.3 is 0 Å². The van der Waals surface area contributed by atoms with Gasteiger partial charge in [0.05, 0.1) is 37.1 Å². The summed E-state index contributed by atoms with van der Waals surface area (Å²) in [5.41, 5.74) is 0. The first-order valence-electron chi connectivity index (χ1n) is 13.9. The van der Waals surface area contributed by atoms with Crippen LogP contribution in [0.5, 0.6) is 0 Å². The predicted molar refractivity (Wildman–Crippen MR) is 155 cm³/mol. The van der Waals surface area contributed by atoms with Gasteiger partial charge in [0.25, 0.3) is 0 Å². The molecule has 0 heterocycles. The summed E-state index contributed by atoms with van der Waals surface area (Å²) in [6, 6.07) is 0. The van der Waals surface area contributed by atoms with E-state index in [-0.39, 0.29) is 37.0 Å². The first-order chi connectivity index (χ1) is 16.5. The zero-order valence-corrected chi connectivity index (χ0v) is 26.6. The highest BCUT2D eigenvalue weighted by Gasteiger charge is 2.15. The molecule has 35 heavy (non-hydrogen) atoms. The quantitative estimate of drug-likeness (QED) is 0.0827. The molecular weight excluding hydrogens is 480 g/mol. The minimum absolute atomic E-state index is 0.0811. The highest BCUT2D eigenvalue weighted by molar-refractivity contribution is 7.38. The summed E-state index contributed by atoms with van der Waals surface area (Å²) in [6.07, 6.45) is 7.66. The summed E-state index contributed by atoms with van der Waals surface area (Å²) in [5.74, 6) is 0. The van der Waals surface area contributed by atoms with E-state index < -0.39 is 0 Å². The molecule has 0 aliphatic carbocycles. The zero-order chi connectivity index (χ0) is 26.6. The lowest BCUT2D eigenvalue weighted by Crippen LogP contribution is -2.32. The van der Waals surface area contributed by atoms with Crippen LogP contribution in [0.2, 0.25) is 0 Å². The Morgan fingerprint density at radius 2 is 0.857 bits per heavy atom. The lowest BCUT2D eigenvalue weighted by molar-refractivity contribution is -0.181. The molecule has 2 unspecified atom stereocenters. The van der Waals surface area contributed by atoms with Gasteiger partial charge in [-0.1, -0.05) is 0 Å². The Labute approximate surface area is 221 Å². The third-order valence-corrected chi connectivity index (χ3v) is 7.32. The van der Waals surface area contributed by atoms with E-state index in [4.69, 9.17) is 23.7 Å². The van der Waals surface area contributed by atoms with Crippen molar-refractivity contribution in [1.29, 1.82) is 0 Å². The zero-order valence-electron chi connectivity index (χ0n) is 24.6. The van der Waals surface area contributed by atoms with Crippen LogP contribution >= 0.6 is 17.2 Å². The molecule has 0 aromatic rings. The maximum atomic E-state index is 5.94. The maximum Gasteiger partial charge on any atom is 0.158 e. The molecule has 0 spiro atoms. The van der Waals surface area contributed by atoms with Crippen LogP contribution < -0.4 is 0 Å². The molecule has 0 saturated heterocycles. The Hall–Kier alpha value is 0.620. The van der Waals surface area contributed by atoms with Gasteiger partial charge < -0.3 is 28.6 Å². The molecule has 0 aliphatic rings. The predicted octanol–water partition coefficient (Wildman–Crippen LogP) is 6.20. The Kier molecular flexibility index (Phi) is 23.0. The second kappa shape index (κ2) is 22.6. The molecule has 0 saturated carbocycles. The molecule has 0 aliphatic heterocycles. The fourth-order valence-electron chi connectivity index (χ4n) is 3.47. The average molecular weight is 540 g/mol. The van der Waals surface area contributed by atoms with Gasteiger partial charge in [-0.05, 0) is 93.9 Å². The Morgan fingerprint density at radius 3 is 1.17 bits per heavy atom. The largest absolute Gasteiger partial charge is 0.377 e. The number of nitrogens with zero attached hydrogens (tertiary/aromatic N) is 1. The third-order valence-electron chi connectivity index (χ3n) is 4.88. The summed E-state index contributed by atoms with van der Waals surface area (Å²) in [5, 5.41) is 0. The van der Waals surface area contributed by atoms with Crippen molar-refractivity contribution >= 4 is 17.2 Å². The van der Waals surface area contributed by atoms with Crippen molar-refractivity contribution in [1.82, 2.24) is 4.90 Å². The van der Waals surface area contributed by atoms with Crippen LogP contribution in [0, 0.1) is 0 Å². The molecule has 2 atom stereocenters. The minimum atomic E-state index is -0.0811. The van der Waals surface area contributed by atoms with Crippen molar-refractivity contribution in [2.75, 3.05) is 50.9 Å². The normalized spacial score (nSPS) is 13.5. The summed E-state index contributed by atoms with van der Waals surface area (Å²) >= 11 is 0. The molecule has 0 bridgehead atoms. The van der Waals surface area contributed by atoms with Gasteiger partial charge in [-0.15, -0.1) is 17.2 Å². The maximum absolute atomic E-state index is 5.94. The SMILES string of the molecule is CC(C)OCCN(CCPCCC(OC(C)C)OC(C)C)CCPCCC(OC(C)C)OC(C)C. The van der Waals surface area contributed by atoms with Crippen molar-refractivity contribution in [3.8, 4) is 0 Å². The van der Waals surface area contributed by atoms with E-state index >= 15 is 0 Å². The molecule has 0 fully saturated rings. The topological polar surface area (TPSA) is 49.4 Å². The van der Waals surface area contributed by atoms with Crippen LogP contribution in [-0.4, -0.2) is 98.9 Å². The van der Waals surface area contributed by atoms with Gasteiger partial charge in [-0.25, -0.2) is 0 Å². The van der Waals surface area contributed by atoms with Gasteiger partial charge in [0, 0.05) is 32.5 Å². The van der Waals surface area contributed by atoms with Crippen LogP contribution in [0.1, 0.15) is 82.1 Å². The summed E-state index contributed by atoms with van der Waals surface area (Å²) < 4.78 is 29.6. The first kappa shape index (κ1) is 35.6. The number of ether oxygens (including phenoxy) is 5. The monoisotopic (exact) mass is 539 g/mol. The van der Waals surface area contributed by atoms with Crippen LogP contribution in [0.25, 0.3) is 0 Å². The Balaban J connectivity index is 4.35. The van der Waals surface area contributed by atoms with Crippen molar-refractivity contribution in [2.24, 2.45) is 0 Å². The van der Waals surface area contributed by atoms with E-state index in [2.05, 4.69) is 74.1 Å². The molecule has 212 valence electrons. The van der Waals surface area contributed by atoms with Gasteiger partial charge in [0.2, 0.25) is 0 Å². The van der Waals surface area contributed by atoms with Gasteiger partial charge in [-0.3, -0.25) is 0 Å². The fourth-order valence-corrected chi connectivity index (χ4v) is 5.80. The lowest BCUT2D eigenvalue weighted by atomic mass is 10.4. The smallest absolute Gasteiger partial charge is 0.158 e. The molecule has 0 aromatic heterocycles. The van der Waals surface area contributed by atoms with Crippen molar-refractivity contribution in [2.45, 2.75) is 125 Å². The molecule has 0 radical (unpaired) electrons. The number of hydrogen-bond donors (Lipinski definition) is 0. The standard InChI is InChI=1S/C27H59NO5P2/c1-21(2)29-16-13-28(14-19-34-17-11-26(30-22(3)4)31-23(5)6)15-20-35-18-12-27(32-24(7)8)33-25(9)10/h21-27,34-35H,11-20H2,1-10H3. The third kappa shape index (κ3) is 24.7. The second-order valence-corrected chi connectivity index (χ2v) is 13.4. The van der Waals surface area contributed by atoms with Gasteiger partial charge in [-0.2, -0.15) is 0 Å². The molecule has 0 N–H and O–H groups in total. The average Bonchev–Trinajstić information content (AvgIpc) is 2.70.